The predicted molar refractivity (Wildman–Crippen MR) is 111 cm³/mol. The van der Waals surface area contributed by atoms with E-state index in [-0.39, 0.29) is 24.3 Å². The molecule has 1 atom stereocenters. The molecular weight excluding hydrogens is 394 g/mol. The smallest absolute Gasteiger partial charge is 0.251 e. The number of rotatable bonds is 10. The van der Waals surface area contributed by atoms with Gasteiger partial charge in [0.1, 0.15) is 12.6 Å². The standard InChI is InChI=1S/C21H26ClN3O4/c1-14(2)18(25-19(26)15-6-8-17(22)9-7-15)20(27)24-13-16-5-4-10-23-21(16)29-12-11-28-3/h4-10,14,18H,11-13H2,1-3H3,(H,24,27)(H,25,26). The summed E-state index contributed by atoms with van der Waals surface area (Å²) in [5.74, 6) is -0.275. The van der Waals surface area contributed by atoms with Crippen LogP contribution >= 0.6 is 11.6 Å². The van der Waals surface area contributed by atoms with Gasteiger partial charge < -0.3 is 20.1 Å². The summed E-state index contributed by atoms with van der Waals surface area (Å²) >= 11 is 5.86. The lowest BCUT2D eigenvalue weighted by molar-refractivity contribution is -0.124. The van der Waals surface area contributed by atoms with E-state index in [1.54, 1.807) is 43.6 Å². The molecule has 0 radical (unpaired) electrons. The van der Waals surface area contributed by atoms with Crippen molar-refractivity contribution in [1.82, 2.24) is 15.6 Å². The maximum Gasteiger partial charge on any atom is 0.251 e. The number of hydrogen-bond donors (Lipinski definition) is 2. The molecule has 29 heavy (non-hydrogen) atoms. The fourth-order valence-corrected chi connectivity index (χ4v) is 2.69. The largest absolute Gasteiger partial charge is 0.475 e. The van der Waals surface area contributed by atoms with Crippen molar-refractivity contribution in [3.05, 3.63) is 58.7 Å². The van der Waals surface area contributed by atoms with Gasteiger partial charge in [0.25, 0.3) is 5.91 Å². The first-order chi connectivity index (χ1) is 13.9. The van der Waals surface area contributed by atoms with Crippen molar-refractivity contribution in [3.63, 3.8) is 0 Å². The number of carbonyl (C=O) groups excluding carboxylic acids is 2. The van der Waals surface area contributed by atoms with Crippen LogP contribution in [0.2, 0.25) is 5.02 Å². The van der Waals surface area contributed by atoms with Crippen LogP contribution in [0.5, 0.6) is 5.88 Å². The third-order valence-corrected chi connectivity index (χ3v) is 4.42. The van der Waals surface area contributed by atoms with Crippen LogP contribution in [0.25, 0.3) is 0 Å². The van der Waals surface area contributed by atoms with Gasteiger partial charge in [0.15, 0.2) is 0 Å². The van der Waals surface area contributed by atoms with E-state index in [9.17, 15) is 9.59 Å². The van der Waals surface area contributed by atoms with Gasteiger partial charge in [-0.1, -0.05) is 31.5 Å². The molecule has 2 N–H and O–H groups in total. The molecule has 0 aliphatic carbocycles. The van der Waals surface area contributed by atoms with Crippen LogP contribution in [-0.2, 0) is 16.1 Å². The number of carbonyl (C=O) groups is 2. The van der Waals surface area contributed by atoms with Gasteiger partial charge in [-0.15, -0.1) is 0 Å². The molecule has 1 aromatic carbocycles. The lowest BCUT2D eigenvalue weighted by Crippen LogP contribution is -2.49. The van der Waals surface area contributed by atoms with E-state index in [2.05, 4.69) is 15.6 Å². The highest BCUT2D eigenvalue weighted by molar-refractivity contribution is 6.30. The summed E-state index contributed by atoms with van der Waals surface area (Å²) in [5, 5.41) is 6.18. The first kappa shape index (κ1) is 22.6. The number of halogens is 1. The minimum Gasteiger partial charge on any atom is -0.475 e. The number of amides is 2. The van der Waals surface area contributed by atoms with Gasteiger partial charge in [0.2, 0.25) is 11.8 Å². The van der Waals surface area contributed by atoms with E-state index in [0.717, 1.165) is 5.56 Å². The zero-order valence-corrected chi connectivity index (χ0v) is 17.5. The van der Waals surface area contributed by atoms with Crippen LogP contribution in [0, 0.1) is 5.92 Å². The summed E-state index contributed by atoms with van der Waals surface area (Å²) in [6, 6.07) is 9.41. The van der Waals surface area contributed by atoms with Crippen LogP contribution in [-0.4, -0.2) is 43.2 Å². The van der Waals surface area contributed by atoms with Crippen molar-refractivity contribution in [2.24, 2.45) is 5.92 Å². The Morgan fingerprint density at radius 3 is 2.52 bits per heavy atom. The minimum atomic E-state index is -0.687. The number of aromatic nitrogens is 1. The molecule has 1 unspecified atom stereocenters. The first-order valence-electron chi connectivity index (χ1n) is 9.32. The van der Waals surface area contributed by atoms with E-state index in [1.165, 1.54) is 0 Å². The Morgan fingerprint density at radius 1 is 1.14 bits per heavy atom. The van der Waals surface area contributed by atoms with E-state index in [1.807, 2.05) is 19.9 Å². The zero-order valence-electron chi connectivity index (χ0n) is 16.8. The fraction of sp³-hybridized carbons (Fsp3) is 0.381. The fourth-order valence-electron chi connectivity index (χ4n) is 2.56. The Bertz CT molecular complexity index is 812. The second-order valence-corrected chi connectivity index (χ2v) is 7.17. The Labute approximate surface area is 175 Å². The number of ether oxygens (including phenoxy) is 2. The van der Waals surface area contributed by atoms with Crippen LogP contribution in [0.15, 0.2) is 42.6 Å². The number of hydrogen-bond acceptors (Lipinski definition) is 5. The summed E-state index contributed by atoms with van der Waals surface area (Å²) in [5.41, 5.74) is 1.18. The molecule has 0 fully saturated rings. The molecule has 2 aromatic rings. The van der Waals surface area contributed by atoms with E-state index >= 15 is 0 Å². The van der Waals surface area contributed by atoms with Crippen molar-refractivity contribution >= 4 is 23.4 Å². The normalized spacial score (nSPS) is 11.8. The molecule has 156 valence electrons. The maximum atomic E-state index is 12.7. The van der Waals surface area contributed by atoms with Gasteiger partial charge in [-0.3, -0.25) is 9.59 Å². The van der Waals surface area contributed by atoms with Gasteiger partial charge >= 0.3 is 0 Å². The quantitative estimate of drug-likeness (QED) is 0.578. The van der Waals surface area contributed by atoms with Gasteiger partial charge in [-0.2, -0.15) is 0 Å². The Kier molecular flexibility index (Phi) is 8.89. The van der Waals surface area contributed by atoms with Crippen molar-refractivity contribution in [3.8, 4) is 5.88 Å². The lowest BCUT2D eigenvalue weighted by atomic mass is 10.0. The summed E-state index contributed by atoms with van der Waals surface area (Å²) in [4.78, 5) is 29.4. The molecule has 0 saturated carbocycles. The first-order valence-corrected chi connectivity index (χ1v) is 9.70. The number of benzene rings is 1. The van der Waals surface area contributed by atoms with E-state index in [4.69, 9.17) is 21.1 Å². The van der Waals surface area contributed by atoms with Gasteiger partial charge in [0, 0.05) is 36.0 Å². The summed E-state index contributed by atoms with van der Waals surface area (Å²) in [6.45, 7) is 4.77. The molecular formula is C21H26ClN3O4. The summed E-state index contributed by atoms with van der Waals surface area (Å²) in [7, 11) is 1.59. The SMILES string of the molecule is COCCOc1ncccc1CNC(=O)C(NC(=O)c1ccc(Cl)cc1)C(C)C. The average Bonchev–Trinajstić information content (AvgIpc) is 2.71. The molecule has 0 aliphatic rings. The molecule has 2 rings (SSSR count). The van der Waals surface area contributed by atoms with Crippen LogP contribution in [0.4, 0.5) is 0 Å². The highest BCUT2D eigenvalue weighted by atomic mass is 35.5. The topological polar surface area (TPSA) is 89.6 Å². The second kappa shape index (κ2) is 11.4. The molecule has 1 heterocycles. The molecule has 1 aromatic heterocycles. The third-order valence-electron chi connectivity index (χ3n) is 4.17. The van der Waals surface area contributed by atoms with E-state index < -0.39 is 6.04 Å². The van der Waals surface area contributed by atoms with Crippen molar-refractivity contribution in [2.45, 2.75) is 26.4 Å². The number of methoxy groups -OCH3 is 1. The molecule has 8 heteroatoms. The Balaban J connectivity index is 1.99. The lowest BCUT2D eigenvalue weighted by Gasteiger charge is -2.22. The highest BCUT2D eigenvalue weighted by Crippen LogP contribution is 2.15. The zero-order chi connectivity index (χ0) is 21.2. The van der Waals surface area contributed by atoms with Crippen LogP contribution in [0.3, 0.4) is 0 Å². The molecule has 0 bridgehead atoms. The molecule has 7 nitrogen and oxygen atoms in total. The number of pyridine rings is 1. The highest BCUT2D eigenvalue weighted by Gasteiger charge is 2.24. The predicted octanol–water partition coefficient (Wildman–Crippen LogP) is 2.83. The van der Waals surface area contributed by atoms with Crippen molar-refractivity contribution in [1.29, 1.82) is 0 Å². The molecule has 0 saturated heterocycles. The van der Waals surface area contributed by atoms with Gasteiger partial charge in [-0.25, -0.2) is 4.98 Å². The molecule has 0 aliphatic heterocycles. The third kappa shape index (κ3) is 7.03. The second-order valence-electron chi connectivity index (χ2n) is 6.73. The number of nitrogens with one attached hydrogen (secondary N) is 2. The van der Waals surface area contributed by atoms with Crippen LogP contribution < -0.4 is 15.4 Å². The molecule has 2 amide bonds. The van der Waals surface area contributed by atoms with Crippen molar-refractivity contribution < 1.29 is 19.1 Å². The van der Waals surface area contributed by atoms with Crippen LogP contribution in [0.1, 0.15) is 29.8 Å². The van der Waals surface area contributed by atoms with Gasteiger partial charge in [0.05, 0.1) is 6.61 Å². The summed E-state index contributed by atoms with van der Waals surface area (Å²) in [6.07, 6.45) is 1.62. The maximum absolute atomic E-state index is 12.7. The Morgan fingerprint density at radius 2 is 1.86 bits per heavy atom. The molecule has 0 spiro atoms. The monoisotopic (exact) mass is 419 g/mol. The van der Waals surface area contributed by atoms with Crippen molar-refractivity contribution in [2.75, 3.05) is 20.3 Å². The number of nitrogens with zero attached hydrogens (tertiary/aromatic N) is 1. The van der Waals surface area contributed by atoms with E-state index in [0.29, 0.717) is 29.7 Å². The average molecular weight is 420 g/mol. The summed E-state index contributed by atoms with van der Waals surface area (Å²) < 4.78 is 10.6. The minimum absolute atomic E-state index is 0.0995. The van der Waals surface area contributed by atoms with Gasteiger partial charge in [-0.05, 0) is 36.2 Å². The Hall–Kier alpha value is -2.64.